The molecule has 2 heterocycles. The van der Waals surface area contributed by atoms with Crippen molar-refractivity contribution in [2.45, 2.75) is 39.8 Å². The van der Waals surface area contributed by atoms with Gasteiger partial charge in [-0.2, -0.15) is 0 Å². The second-order valence-electron chi connectivity index (χ2n) is 6.10. The lowest BCUT2D eigenvalue weighted by Gasteiger charge is -2.28. The average molecular weight is 310 g/mol. The quantitative estimate of drug-likeness (QED) is 0.877. The van der Waals surface area contributed by atoms with E-state index in [1.807, 2.05) is 4.90 Å². The fraction of sp³-hybridized carbons (Fsp3) is 0.688. The highest BCUT2D eigenvalue weighted by Crippen LogP contribution is 2.19. The third kappa shape index (κ3) is 5.09. The van der Waals surface area contributed by atoms with Gasteiger partial charge in [-0.05, 0) is 29.9 Å². The third-order valence-corrected chi connectivity index (χ3v) is 4.66. The summed E-state index contributed by atoms with van der Waals surface area (Å²) in [5.74, 6) is 0.671. The van der Waals surface area contributed by atoms with E-state index in [9.17, 15) is 4.79 Å². The second kappa shape index (κ2) is 7.92. The molecule has 0 aliphatic carbocycles. The maximum atomic E-state index is 12.6. The number of amides is 1. The SMILES string of the molecule is Cc1ccsc1CN(CC(C)C)C(=O)C[C@H]1CNCCO1. The Morgan fingerprint density at radius 2 is 2.38 bits per heavy atom. The molecule has 1 fully saturated rings. The molecule has 0 aromatic carbocycles. The van der Waals surface area contributed by atoms with Crippen LogP contribution in [0.4, 0.5) is 0 Å². The predicted molar refractivity (Wildman–Crippen MR) is 86.5 cm³/mol. The molecule has 5 heteroatoms. The predicted octanol–water partition coefficient (Wildman–Crippen LogP) is 2.42. The Bertz CT molecular complexity index is 453. The summed E-state index contributed by atoms with van der Waals surface area (Å²) >= 11 is 1.73. The fourth-order valence-corrected chi connectivity index (χ4v) is 3.43. The molecule has 1 aromatic rings. The summed E-state index contributed by atoms with van der Waals surface area (Å²) in [6.45, 7) is 10.3. The normalized spacial score (nSPS) is 19.0. The highest BCUT2D eigenvalue weighted by Gasteiger charge is 2.22. The molecule has 21 heavy (non-hydrogen) atoms. The smallest absolute Gasteiger partial charge is 0.225 e. The zero-order valence-electron chi connectivity index (χ0n) is 13.2. The molecule has 1 atom stereocenters. The van der Waals surface area contributed by atoms with Crippen LogP contribution < -0.4 is 5.32 Å². The van der Waals surface area contributed by atoms with Gasteiger partial charge < -0.3 is 15.0 Å². The number of nitrogens with zero attached hydrogens (tertiary/aromatic N) is 1. The maximum absolute atomic E-state index is 12.6. The molecule has 1 saturated heterocycles. The number of ether oxygens (including phenoxy) is 1. The van der Waals surface area contributed by atoms with Gasteiger partial charge in [-0.3, -0.25) is 4.79 Å². The Kier molecular flexibility index (Phi) is 6.21. The molecule has 1 aliphatic rings. The van der Waals surface area contributed by atoms with Crippen molar-refractivity contribution < 1.29 is 9.53 Å². The molecule has 4 nitrogen and oxygen atoms in total. The molecule has 0 bridgehead atoms. The van der Waals surface area contributed by atoms with Crippen molar-refractivity contribution in [3.05, 3.63) is 21.9 Å². The van der Waals surface area contributed by atoms with Crippen LogP contribution in [-0.2, 0) is 16.1 Å². The van der Waals surface area contributed by atoms with Crippen LogP contribution >= 0.6 is 11.3 Å². The number of hydrogen-bond acceptors (Lipinski definition) is 4. The van der Waals surface area contributed by atoms with Crippen molar-refractivity contribution in [3.8, 4) is 0 Å². The fourth-order valence-electron chi connectivity index (χ4n) is 2.51. The molecular weight excluding hydrogens is 284 g/mol. The molecule has 1 N–H and O–H groups in total. The first-order valence-electron chi connectivity index (χ1n) is 7.69. The van der Waals surface area contributed by atoms with Crippen molar-refractivity contribution in [1.82, 2.24) is 10.2 Å². The van der Waals surface area contributed by atoms with Crippen molar-refractivity contribution in [2.75, 3.05) is 26.2 Å². The molecule has 1 aliphatic heterocycles. The van der Waals surface area contributed by atoms with Gasteiger partial charge in [0.1, 0.15) is 0 Å². The molecular formula is C16H26N2O2S. The largest absolute Gasteiger partial charge is 0.375 e. The van der Waals surface area contributed by atoms with Crippen molar-refractivity contribution in [3.63, 3.8) is 0 Å². The van der Waals surface area contributed by atoms with Gasteiger partial charge in [0.25, 0.3) is 0 Å². The van der Waals surface area contributed by atoms with Gasteiger partial charge in [0, 0.05) is 24.5 Å². The van der Waals surface area contributed by atoms with Gasteiger partial charge in [0.15, 0.2) is 0 Å². The van der Waals surface area contributed by atoms with E-state index in [1.54, 1.807) is 11.3 Å². The summed E-state index contributed by atoms with van der Waals surface area (Å²) in [4.78, 5) is 15.9. The van der Waals surface area contributed by atoms with E-state index in [0.717, 1.165) is 26.2 Å². The number of hydrogen-bond donors (Lipinski definition) is 1. The van der Waals surface area contributed by atoms with E-state index < -0.39 is 0 Å². The second-order valence-corrected chi connectivity index (χ2v) is 7.10. The van der Waals surface area contributed by atoms with E-state index in [2.05, 4.69) is 37.5 Å². The zero-order valence-corrected chi connectivity index (χ0v) is 14.0. The van der Waals surface area contributed by atoms with Crippen LogP contribution in [0.15, 0.2) is 11.4 Å². The van der Waals surface area contributed by atoms with Crippen molar-refractivity contribution in [1.29, 1.82) is 0 Å². The third-order valence-electron chi connectivity index (χ3n) is 3.65. The molecule has 118 valence electrons. The topological polar surface area (TPSA) is 41.6 Å². The zero-order chi connectivity index (χ0) is 15.2. The van der Waals surface area contributed by atoms with Gasteiger partial charge in [-0.15, -0.1) is 11.3 Å². The van der Waals surface area contributed by atoms with Crippen LogP contribution in [0.1, 0.15) is 30.7 Å². The van der Waals surface area contributed by atoms with E-state index in [1.165, 1.54) is 10.4 Å². The summed E-state index contributed by atoms with van der Waals surface area (Å²) in [5, 5.41) is 5.38. The van der Waals surface area contributed by atoms with Crippen LogP contribution in [0.3, 0.4) is 0 Å². The standard InChI is InChI=1S/C16H26N2O2S/c1-12(2)10-18(11-15-13(3)4-7-21-15)16(19)8-14-9-17-5-6-20-14/h4,7,12,14,17H,5-6,8-11H2,1-3H3/t14-/m0/s1. The van der Waals surface area contributed by atoms with Crippen LogP contribution in [0.2, 0.25) is 0 Å². The summed E-state index contributed by atoms with van der Waals surface area (Å²) in [6.07, 6.45) is 0.495. The summed E-state index contributed by atoms with van der Waals surface area (Å²) in [7, 11) is 0. The first kappa shape index (κ1) is 16.5. The number of thiophene rings is 1. The molecule has 0 unspecified atom stereocenters. The Labute approximate surface area is 131 Å². The van der Waals surface area contributed by atoms with Gasteiger partial charge in [-0.25, -0.2) is 0 Å². The Balaban J connectivity index is 1.97. The number of morpholine rings is 1. The monoisotopic (exact) mass is 310 g/mol. The molecule has 1 aromatic heterocycles. The van der Waals surface area contributed by atoms with Crippen LogP contribution in [0.5, 0.6) is 0 Å². The highest BCUT2D eigenvalue weighted by atomic mass is 32.1. The van der Waals surface area contributed by atoms with Crippen molar-refractivity contribution in [2.24, 2.45) is 5.92 Å². The molecule has 1 amide bonds. The van der Waals surface area contributed by atoms with Gasteiger partial charge in [-0.1, -0.05) is 13.8 Å². The number of nitrogens with one attached hydrogen (secondary N) is 1. The lowest BCUT2D eigenvalue weighted by molar-refractivity contribution is -0.135. The minimum Gasteiger partial charge on any atom is -0.375 e. The highest BCUT2D eigenvalue weighted by molar-refractivity contribution is 7.10. The van der Waals surface area contributed by atoms with E-state index in [4.69, 9.17) is 4.74 Å². The number of carbonyl (C=O) groups excluding carboxylic acids is 1. The van der Waals surface area contributed by atoms with E-state index in [-0.39, 0.29) is 12.0 Å². The number of rotatable bonds is 6. The average Bonchev–Trinajstić information content (AvgIpc) is 2.84. The van der Waals surface area contributed by atoms with Gasteiger partial charge >= 0.3 is 0 Å². The van der Waals surface area contributed by atoms with Gasteiger partial charge in [0.05, 0.1) is 25.7 Å². The summed E-state index contributed by atoms with van der Waals surface area (Å²) in [5.41, 5.74) is 1.28. The summed E-state index contributed by atoms with van der Waals surface area (Å²) < 4.78 is 5.66. The van der Waals surface area contributed by atoms with Crippen LogP contribution in [-0.4, -0.2) is 43.2 Å². The number of carbonyl (C=O) groups is 1. The Morgan fingerprint density at radius 1 is 1.57 bits per heavy atom. The number of aryl methyl sites for hydroxylation is 1. The van der Waals surface area contributed by atoms with E-state index >= 15 is 0 Å². The minimum absolute atomic E-state index is 0.0188. The Hall–Kier alpha value is -0.910. The molecule has 0 spiro atoms. The van der Waals surface area contributed by atoms with Gasteiger partial charge in [0.2, 0.25) is 5.91 Å². The lowest BCUT2D eigenvalue weighted by atomic mass is 10.1. The minimum atomic E-state index is 0.0188. The Morgan fingerprint density at radius 3 is 2.95 bits per heavy atom. The van der Waals surface area contributed by atoms with Crippen LogP contribution in [0, 0.1) is 12.8 Å². The molecule has 2 rings (SSSR count). The van der Waals surface area contributed by atoms with E-state index in [0.29, 0.717) is 18.9 Å². The summed E-state index contributed by atoms with van der Waals surface area (Å²) in [6, 6.07) is 2.12. The molecule has 0 saturated carbocycles. The maximum Gasteiger partial charge on any atom is 0.225 e. The van der Waals surface area contributed by atoms with Crippen molar-refractivity contribution >= 4 is 17.2 Å². The van der Waals surface area contributed by atoms with Crippen LogP contribution in [0.25, 0.3) is 0 Å². The molecule has 0 radical (unpaired) electrons. The first-order valence-corrected chi connectivity index (χ1v) is 8.57. The lowest BCUT2D eigenvalue weighted by Crippen LogP contribution is -2.43. The first-order chi connectivity index (χ1) is 10.1.